The molecule has 0 bridgehead atoms. The van der Waals surface area contributed by atoms with Crippen LogP contribution in [-0.4, -0.2) is 47.8 Å². The van der Waals surface area contributed by atoms with Crippen molar-refractivity contribution in [3.63, 3.8) is 0 Å². The minimum atomic E-state index is -4.00. The van der Waals surface area contributed by atoms with Crippen LogP contribution in [0.5, 0.6) is 5.75 Å². The normalized spacial score (nSPS) is 13.9. The van der Waals surface area contributed by atoms with Crippen LogP contribution in [0.3, 0.4) is 0 Å². The van der Waals surface area contributed by atoms with Gasteiger partial charge in [0.15, 0.2) is 0 Å². The molecule has 0 saturated heterocycles. The number of rotatable bonds is 7. The van der Waals surface area contributed by atoms with Crippen molar-refractivity contribution in [1.82, 2.24) is 4.31 Å². The third-order valence-corrected chi connectivity index (χ3v) is 7.48. The molecule has 0 fully saturated rings. The lowest BCUT2D eigenvalue weighted by Crippen LogP contribution is -2.23. The molecular formula is C18H21N3O6S2. The fourth-order valence-electron chi connectivity index (χ4n) is 2.83. The van der Waals surface area contributed by atoms with E-state index in [0.717, 1.165) is 4.31 Å². The van der Waals surface area contributed by atoms with Gasteiger partial charge in [0.25, 0.3) is 10.0 Å². The van der Waals surface area contributed by atoms with Crippen LogP contribution in [0.1, 0.15) is 12.5 Å². The van der Waals surface area contributed by atoms with Crippen LogP contribution in [0.4, 0.5) is 11.4 Å². The van der Waals surface area contributed by atoms with Gasteiger partial charge >= 0.3 is 0 Å². The van der Waals surface area contributed by atoms with Crippen molar-refractivity contribution in [3.05, 3.63) is 42.0 Å². The highest BCUT2D eigenvalue weighted by molar-refractivity contribution is 7.92. The summed E-state index contributed by atoms with van der Waals surface area (Å²) < 4.78 is 59.6. The SMILES string of the molecule is CCOc1ccc(NS(=O)(=O)c2ccc3c(c2)CC(=O)N3)cc1S(=O)(=O)N(C)C. The van der Waals surface area contributed by atoms with Gasteiger partial charge in [0, 0.05) is 19.8 Å². The Morgan fingerprint density at radius 1 is 1.10 bits per heavy atom. The highest BCUT2D eigenvalue weighted by Gasteiger charge is 2.25. The second-order valence-corrected chi connectivity index (χ2v) is 10.3. The van der Waals surface area contributed by atoms with Gasteiger partial charge in [-0.3, -0.25) is 9.52 Å². The lowest BCUT2D eigenvalue weighted by atomic mass is 10.2. The molecule has 29 heavy (non-hydrogen) atoms. The van der Waals surface area contributed by atoms with Crippen LogP contribution in [0.2, 0.25) is 0 Å². The van der Waals surface area contributed by atoms with Crippen molar-refractivity contribution in [2.75, 3.05) is 30.7 Å². The van der Waals surface area contributed by atoms with Gasteiger partial charge < -0.3 is 10.1 Å². The Morgan fingerprint density at radius 3 is 2.48 bits per heavy atom. The van der Waals surface area contributed by atoms with Crippen molar-refractivity contribution < 1.29 is 26.4 Å². The number of hydrogen-bond donors (Lipinski definition) is 2. The van der Waals surface area contributed by atoms with E-state index in [9.17, 15) is 21.6 Å². The van der Waals surface area contributed by atoms with Crippen molar-refractivity contribution in [2.24, 2.45) is 0 Å². The van der Waals surface area contributed by atoms with Crippen LogP contribution < -0.4 is 14.8 Å². The number of anilines is 2. The summed E-state index contributed by atoms with van der Waals surface area (Å²) in [6.07, 6.45) is 0.104. The molecule has 0 spiro atoms. The number of ether oxygens (including phenoxy) is 1. The number of amides is 1. The molecule has 2 aromatic carbocycles. The Balaban J connectivity index is 1.97. The number of fused-ring (bicyclic) bond motifs is 1. The summed E-state index contributed by atoms with van der Waals surface area (Å²) in [6, 6.07) is 8.37. The quantitative estimate of drug-likeness (QED) is 0.676. The minimum absolute atomic E-state index is 0.0290. The predicted molar refractivity (Wildman–Crippen MR) is 108 cm³/mol. The van der Waals surface area contributed by atoms with Crippen molar-refractivity contribution in [3.8, 4) is 5.75 Å². The first-order chi connectivity index (χ1) is 13.5. The smallest absolute Gasteiger partial charge is 0.261 e. The van der Waals surface area contributed by atoms with E-state index < -0.39 is 20.0 Å². The Kier molecular flexibility index (Phi) is 5.57. The van der Waals surface area contributed by atoms with E-state index in [0.29, 0.717) is 11.3 Å². The third-order valence-electron chi connectivity index (χ3n) is 4.27. The van der Waals surface area contributed by atoms with Gasteiger partial charge in [-0.15, -0.1) is 0 Å². The first kappa shape index (κ1) is 21.1. The molecule has 9 nitrogen and oxygen atoms in total. The van der Waals surface area contributed by atoms with Crippen LogP contribution in [-0.2, 0) is 31.3 Å². The third kappa shape index (κ3) is 4.21. The Labute approximate surface area is 169 Å². The maximum absolute atomic E-state index is 12.8. The standard InChI is InChI=1S/C18H21N3O6S2/c1-4-27-16-8-5-13(11-17(16)29(25,26)21(2)3)20-28(23,24)14-6-7-15-12(9-14)10-18(22)19-15/h5-9,11,20H,4,10H2,1-3H3,(H,19,22). The summed E-state index contributed by atoms with van der Waals surface area (Å²) in [6.45, 7) is 1.97. The van der Waals surface area contributed by atoms with Crippen molar-refractivity contribution in [1.29, 1.82) is 0 Å². The molecule has 1 heterocycles. The van der Waals surface area contributed by atoms with Gasteiger partial charge in [0.1, 0.15) is 10.6 Å². The van der Waals surface area contributed by atoms with Crippen molar-refractivity contribution >= 4 is 37.3 Å². The lowest BCUT2D eigenvalue weighted by molar-refractivity contribution is -0.115. The number of nitrogens with one attached hydrogen (secondary N) is 2. The largest absolute Gasteiger partial charge is 0.492 e. The molecular weight excluding hydrogens is 418 g/mol. The molecule has 1 amide bonds. The molecule has 156 valence electrons. The predicted octanol–water partition coefficient (Wildman–Crippen LogP) is 1.63. The van der Waals surface area contributed by atoms with E-state index in [4.69, 9.17) is 4.74 Å². The van der Waals surface area contributed by atoms with E-state index >= 15 is 0 Å². The molecule has 1 aliphatic rings. The Bertz CT molecular complexity index is 1170. The fraction of sp³-hybridized carbons (Fsp3) is 0.278. The van der Waals surface area contributed by atoms with E-state index in [1.165, 1.54) is 50.5 Å². The van der Waals surface area contributed by atoms with Gasteiger partial charge in [0.2, 0.25) is 15.9 Å². The highest BCUT2D eigenvalue weighted by atomic mass is 32.2. The zero-order valence-electron chi connectivity index (χ0n) is 16.1. The maximum atomic E-state index is 12.8. The first-order valence-electron chi connectivity index (χ1n) is 8.69. The highest BCUT2D eigenvalue weighted by Crippen LogP contribution is 2.31. The van der Waals surface area contributed by atoms with E-state index in [-0.39, 0.29) is 40.2 Å². The zero-order valence-corrected chi connectivity index (χ0v) is 17.7. The summed E-state index contributed by atoms with van der Waals surface area (Å²) in [5.74, 6) is -0.0705. The molecule has 0 atom stereocenters. The van der Waals surface area contributed by atoms with E-state index in [1.807, 2.05) is 0 Å². The summed E-state index contributed by atoms with van der Waals surface area (Å²) in [7, 11) is -5.10. The lowest BCUT2D eigenvalue weighted by Gasteiger charge is -2.17. The summed E-state index contributed by atoms with van der Waals surface area (Å²) in [5.41, 5.74) is 1.23. The fourth-order valence-corrected chi connectivity index (χ4v) is 4.98. The summed E-state index contributed by atoms with van der Waals surface area (Å²) in [4.78, 5) is 11.3. The maximum Gasteiger partial charge on any atom is 0.261 e. The molecule has 0 aromatic heterocycles. The molecule has 3 rings (SSSR count). The van der Waals surface area contributed by atoms with Crippen LogP contribution in [0.25, 0.3) is 0 Å². The first-order valence-corrected chi connectivity index (χ1v) is 11.6. The molecule has 0 unspecified atom stereocenters. The topological polar surface area (TPSA) is 122 Å². The van der Waals surface area contributed by atoms with Crippen LogP contribution >= 0.6 is 0 Å². The molecule has 0 radical (unpaired) electrons. The molecule has 2 N–H and O–H groups in total. The summed E-state index contributed by atoms with van der Waals surface area (Å²) in [5, 5.41) is 2.64. The molecule has 1 aliphatic heterocycles. The Morgan fingerprint density at radius 2 is 1.83 bits per heavy atom. The second-order valence-electron chi connectivity index (χ2n) is 6.53. The minimum Gasteiger partial charge on any atom is -0.492 e. The van der Waals surface area contributed by atoms with Gasteiger partial charge in [-0.25, -0.2) is 21.1 Å². The number of sulfonamides is 2. The van der Waals surface area contributed by atoms with Gasteiger partial charge in [0.05, 0.1) is 23.6 Å². The number of carbonyl (C=O) groups is 1. The molecule has 11 heteroatoms. The second kappa shape index (κ2) is 7.65. The van der Waals surface area contributed by atoms with Gasteiger partial charge in [-0.05, 0) is 48.9 Å². The van der Waals surface area contributed by atoms with Gasteiger partial charge in [-0.1, -0.05) is 0 Å². The van der Waals surface area contributed by atoms with Gasteiger partial charge in [-0.2, -0.15) is 0 Å². The zero-order chi connectivity index (χ0) is 21.4. The number of carbonyl (C=O) groups excluding carboxylic acids is 1. The summed E-state index contributed by atoms with van der Waals surface area (Å²) >= 11 is 0. The van der Waals surface area contributed by atoms with Crippen molar-refractivity contribution in [2.45, 2.75) is 23.1 Å². The molecule has 2 aromatic rings. The monoisotopic (exact) mass is 439 g/mol. The molecule has 0 aliphatic carbocycles. The average Bonchev–Trinajstić information content (AvgIpc) is 3.01. The van der Waals surface area contributed by atoms with E-state index in [2.05, 4.69) is 10.0 Å². The van der Waals surface area contributed by atoms with Crippen LogP contribution in [0.15, 0.2) is 46.2 Å². The molecule has 0 saturated carbocycles. The van der Waals surface area contributed by atoms with Crippen LogP contribution in [0, 0.1) is 0 Å². The Hall–Kier alpha value is -2.63. The number of nitrogens with zero attached hydrogens (tertiary/aromatic N) is 1. The average molecular weight is 440 g/mol. The number of benzene rings is 2. The number of hydrogen-bond acceptors (Lipinski definition) is 6. The van der Waals surface area contributed by atoms with E-state index in [1.54, 1.807) is 6.92 Å².